The van der Waals surface area contributed by atoms with Gasteiger partial charge in [-0.2, -0.15) is 20.1 Å². The van der Waals surface area contributed by atoms with Crippen LogP contribution in [0.4, 0.5) is 11.9 Å². The Morgan fingerprint density at radius 2 is 2.06 bits per heavy atom. The van der Waals surface area contributed by atoms with Gasteiger partial charge in [-0.15, -0.1) is 0 Å². The monoisotopic (exact) mass is 235 g/mol. The summed E-state index contributed by atoms with van der Waals surface area (Å²) in [7, 11) is 5.41. The van der Waals surface area contributed by atoms with Crippen LogP contribution >= 0.6 is 0 Å². The van der Waals surface area contributed by atoms with Crippen molar-refractivity contribution in [1.82, 2.24) is 24.7 Å². The first-order chi connectivity index (χ1) is 8.04. The lowest BCUT2D eigenvalue weighted by atomic mass is 10.6. The summed E-state index contributed by atoms with van der Waals surface area (Å²) < 4.78 is 7.04. The van der Waals surface area contributed by atoms with Gasteiger partial charge >= 0.3 is 6.01 Å². The highest BCUT2D eigenvalue weighted by atomic mass is 16.5. The minimum Gasteiger partial charge on any atom is -0.421 e. The van der Waals surface area contributed by atoms with Crippen LogP contribution in [-0.2, 0) is 7.05 Å². The van der Waals surface area contributed by atoms with Crippen molar-refractivity contribution >= 4 is 11.9 Å². The smallest absolute Gasteiger partial charge is 0.328 e. The number of hydrogen-bond donors (Lipinski definition) is 1. The molecule has 8 nitrogen and oxygen atoms in total. The third-order valence-corrected chi connectivity index (χ3v) is 1.91. The number of nitrogens with zero attached hydrogens (tertiary/aromatic N) is 6. The van der Waals surface area contributed by atoms with Gasteiger partial charge in [-0.3, -0.25) is 4.68 Å². The molecule has 0 spiro atoms. The minimum atomic E-state index is 0.114. The summed E-state index contributed by atoms with van der Waals surface area (Å²) in [6.45, 7) is 0. The normalized spacial score (nSPS) is 10.3. The second kappa shape index (κ2) is 4.24. The predicted molar refractivity (Wildman–Crippen MR) is 61.8 cm³/mol. The Morgan fingerprint density at radius 3 is 2.65 bits per heavy atom. The molecule has 0 saturated carbocycles. The highest BCUT2D eigenvalue weighted by molar-refractivity contribution is 5.34. The van der Waals surface area contributed by atoms with Crippen molar-refractivity contribution < 1.29 is 4.74 Å². The Labute approximate surface area is 98.1 Å². The SMILES string of the molecule is CN(C)c1nc(N)nc(Oc2cnn(C)c2)n1. The van der Waals surface area contributed by atoms with E-state index in [9.17, 15) is 0 Å². The van der Waals surface area contributed by atoms with E-state index in [0.29, 0.717) is 11.7 Å². The number of ether oxygens (including phenoxy) is 1. The molecule has 8 heteroatoms. The van der Waals surface area contributed by atoms with E-state index in [2.05, 4.69) is 20.1 Å². The number of anilines is 2. The first-order valence-electron chi connectivity index (χ1n) is 4.90. The molecule has 0 aliphatic heterocycles. The number of nitrogen functional groups attached to an aromatic ring is 1. The van der Waals surface area contributed by atoms with Crippen LogP contribution in [0.3, 0.4) is 0 Å². The van der Waals surface area contributed by atoms with Gasteiger partial charge in [-0.25, -0.2) is 0 Å². The summed E-state index contributed by atoms with van der Waals surface area (Å²) in [6.07, 6.45) is 3.27. The summed E-state index contributed by atoms with van der Waals surface area (Å²) in [5.74, 6) is 1.10. The maximum absolute atomic E-state index is 5.57. The molecule has 0 saturated heterocycles. The molecule has 0 aromatic carbocycles. The molecule has 90 valence electrons. The second-order valence-corrected chi connectivity index (χ2v) is 3.62. The molecule has 2 rings (SSSR count). The molecule has 2 aromatic rings. The van der Waals surface area contributed by atoms with Crippen molar-refractivity contribution in [2.45, 2.75) is 0 Å². The average molecular weight is 235 g/mol. The summed E-state index contributed by atoms with van der Waals surface area (Å²) in [6, 6.07) is 0.147. The summed E-state index contributed by atoms with van der Waals surface area (Å²) >= 11 is 0. The Bertz CT molecular complexity index is 522. The van der Waals surface area contributed by atoms with Crippen molar-refractivity contribution in [3.63, 3.8) is 0 Å². The number of hydrogen-bond acceptors (Lipinski definition) is 7. The van der Waals surface area contributed by atoms with E-state index in [4.69, 9.17) is 10.5 Å². The topological polar surface area (TPSA) is 95.0 Å². The molecule has 2 N–H and O–H groups in total. The highest BCUT2D eigenvalue weighted by Crippen LogP contribution is 2.18. The first kappa shape index (κ1) is 11.1. The van der Waals surface area contributed by atoms with E-state index < -0.39 is 0 Å². The Kier molecular flexibility index (Phi) is 2.77. The van der Waals surface area contributed by atoms with Crippen LogP contribution in [0, 0.1) is 0 Å². The van der Waals surface area contributed by atoms with Crippen LogP contribution in [-0.4, -0.2) is 38.8 Å². The molecule has 0 atom stereocenters. The lowest BCUT2D eigenvalue weighted by molar-refractivity contribution is 0.440. The van der Waals surface area contributed by atoms with E-state index in [0.717, 1.165) is 0 Å². The first-order valence-corrected chi connectivity index (χ1v) is 4.90. The third-order valence-electron chi connectivity index (χ3n) is 1.91. The van der Waals surface area contributed by atoms with Crippen molar-refractivity contribution in [1.29, 1.82) is 0 Å². The number of nitrogens with two attached hydrogens (primary N) is 1. The van der Waals surface area contributed by atoms with Gasteiger partial charge in [0.15, 0.2) is 5.75 Å². The Hall–Kier alpha value is -2.38. The zero-order valence-electron chi connectivity index (χ0n) is 9.82. The van der Waals surface area contributed by atoms with Crippen LogP contribution in [0.2, 0.25) is 0 Å². The maximum Gasteiger partial charge on any atom is 0.328 e. The molecule has 0 amide bonds. The molecule has 0 fully saturated rings. The van der Waals surface area contributed by atoms with E-state index >= 15 is 0 Å². The zero-order chi connectivity index (χ0) is 12.4. The number of aromatic nitrogens is 5. The summed E-state index contributed by atoms with van der Waals surface area (Å²) in [5, 5.41) is 3.97. The molecular weight excluding hydrogens is 222 g/mol. The Morgan fingerprint density at radius 1 is 1.29 bits per heavy atom. The van der Waals surface area contributed by atoms with Gasteiger partial charge in [0.1, 0.15) is 0 Å². The predicted octanol–water partition coefficient (Wildman–Crippen LogP) is 0.0456. The van der Waals surface area contributed by atoms with Gasteiger partial charge in [0.25, 0.3) is 0 Å². The van der Waals surface area contributed by atoms with Gasteiger partial charge in [0.05, 0.1) is 12.4 Å². The van der Waals surface area contributed by atoms with E-state index in [1.165, 1.54) is 0 Å². The maximum atomic E-state index is 5.57. The van der Waals surface area contributed by atoms with Gasteiger partial charge in [-0.1, -0.05) is 0 Å². The molecular formula is C9H13N7O. The van der Waals surface area contributed by atoms with Crippen molar-refractivity contribution in [2.75, 3.05) is 24.7 Å². The van der Waals surface area contributed by atoms with E-state index in [-0.39, 0.29) is 12.0 Å². The molecule has 0 aliphatic carbocycles. The summed E-state index contributed by atoms with van der Waals surface area (Å²) in [4.78, 5) is 13.7. The van der Waals surface area contributed by atoms with Crippen molar-refractivity contribution in [3.05, 3.63) is 12.4 Å². The fourth-order valence-electron chi connectivity index (χ4n) is 1.16. The van der Waals surface area contributed by atoms with Crippen LogP contribution < -0.4 is 15.4 Å². The van der Waals surface area contributed by atoms with E-state index in [1.54, 1.807) is 29.0 Å². The standard InChI is InChI=1S/C9H13N7O/c1-15(2)8-12-7(10)13-9(14-8)17-6-4-11-16(3)5-6/h4-5H,1-3H3,(H2,10,12,13,14). The highest BCUT2D eigenvalue weighted by Gasteiger charge is 2.08. The van der Waals surface area contributed by atoms with Crippen LogP contribution in [0.15, 0.2) is 12.4 Å². The average Bonchev–Trinajstić information content (AvgIpc) is 2.63. The van der Waals surface area contributed by atoms with Crippen LogP contribution in [0.5, 0.6) is 11.8 Å². The quantitative estimate of drug-likeness (QED) is 0.802. The molecule has 0 unspecified atom stereocenters. The van der Waals surface area contributed by atoms with Gasteiger partial charge < -0.3 is 15.4 Å². The van der Waals surface area contributed by atoms with Crippen LogP contribution in [0.1, 0.15) is 0 Å². The molecule has 0 aliphatic rings. The molecule has 0 bridgehead atoms. The summed E-state index contributed by atoms with van der Waals surface area (Å²) in [5.41, 5.74) is 5.57. The minimum absolute atomic E-state index is 0.114. The number of rotatable bonds is 3. The van der Waals surface area contributed by atoms with Gasteiger partial charge in [-0.05, 0) is 0 Å². The van der Waals surface area contributed by atoms with Crippen molar-refractivity contribution in [2.24, 2.45) is 7.05 Å². The molecule has 2 heterocycles. The second-order valence-electron chi connectivity index (χ2n) is 3.62. The van der Waals surface area contributed by atoms with Gasteiger partial charge in [0.2, 0.25) is 11.9 Å². The molecule has 17 heavy (non-hydrogen) atoms. The van der Waals surface area contributed by atoms with Crippen molar-refractivity contribution in [3.8, 4) is 11.8 Å². The molecule has 0 radical (unpaired) electrons. The third kappa shape index (κ3) is 2.60. The Balaban J connectivity index is 2.26. The van der Waals surface area contributed by atoms with Crippen LogP contribution in [0.25, 0.3) is 0 Å². The fraction of sp³-hybridized carbons (Fsp3) is 0.333. The number of aryl methyl sites for hydroxylation is 1. The van der Waals surface area contributed by atoms with Gasteiger partial charge in [0, 0.05) is 21.1 Å². The zero-order valence-corrected chi connectivity index (χ0v) is 9.82. The largest absolute Gasteiger partial charge is 0.421 e. The van der Waals surface area contributed by atoms with E-state index in [1.807, 2.05) is 14.1 Å². The lowest BCUT2D eigenvalue weighted by Gasteiger charge is -2.10. The fourth-order valence-corrected chi connectivity index (χ4v) is 1.16. The molecule has 2 aromatic heterocycles. The lowest BCUT2D eigenvalue weighted by Crippen LogP contribution is -2.14.